The van der Waals surface area contributed by atoms with E-state index in [0.717, 1.165) is 17.3 Å². The summed E-state index contributed by atoms with van der Waals surface area (Å²) >= 11 is 0. The van der Waals surface area contributed by atoms with Gasteiger partial charge in [-0.2, -0.15) is 0 Å². The predicted molar refractivity (Wildman–Crippen MR) is 106 cm³/mol. The number of rotatable bonds is 3. The second-order valence-corrected chi connectivity index (χ2v) is 6.41. The van der Waals surface area contributed by atoms with Gasteiger partial charge in [-0.1, -0.05) is 12.1 Å². The molecule has 0 atom stereocenters. The van der Waals surface area contributed by atoms with Crippen molar-refractivity contribution in [3.63, 3.8) is 0 Å². The van der Waals surface area contributed by atoms with Gasteiger partial charge in [0.25, 0.3) is 0 Å². The highest BCUT2D eigenvalue weighted by atomic mass is 19.1. The predicted octanol–water partition coefficient (Wildman–Crippen LogP) is 4.70. The largest absolute Gasteiger partial charge is 0.465 e. The maximum atomic E-state index is 14.8. The lowest BCUT2D eigenvalue weighted by Crippen LogP contribution is -2.10. The molecule has 6 heteroatoms. The number of carbonyl (C=O) groups excluding carboxylic acids is 1. The summed E-state index contributed by atoms with van der Waals surface area (Å²) in [6, 6.07) is 16.4. The molecule has 4 nitrogen and oxygen atoms in total. The number of hydrogen-bond acceptors (Lipinski definition) is 3. The third-order valence-corrected chi connectivity index (χ3v) is 4.70. The average molecular weight is 391 g/mol. The molecule has 2 aromatic heterocycles. The lowest BCUT2D eigenvalue weighted by atomic mass is 10.0. The van der Waals surface area contributed by atoms with E-state index in [0.29, 0.717) is 5.52 Å². The van der Waals surface area contributed by atoms with E-state index < -0.39 is 11.8 Å². The number of fused-ring (bicyclic) bond motifs is 1. The molecule has 0 amide bonds. The lowest BCUT2D eigenvalue weighted by Gasteiger charge is -2.13. The molecular weight excluding hydrogens is 376 g/mol. The van der Waals surface area contributed by atoms with Crippen LogP contribution in [0, 0.1) is 11.6 Å². The van der Waals surface area contributed by atoms with E-state index >= 15 is 0 Å². The number of ether oxygens (including phenoxy) is 1. The summed E-state index contributed by atoms with van der Waals surface area (Å²) in [6.07, 6.45) is 1.60. The molecule has 0 unspecified atom stereocenters. The van der Waals surface area contributed by atoms with Crippen LogP contribution in [-0.4, -0.2) is 17.5 Å². The minimum atomic E-state index is -0.703. The molecule has 0 aliphatic rings. The van der Waals surface area contributed by atoms with Crippen molar-refractivity contribution < 1.29 is 18.3 Å². The maximum absolute atomic E-state index is 14.8. The number of nitrogens with zero attached hydrogens (tertiary/aromatic N) is 1. The Labute approximate surface area is 164 Å². The zero-order valence-electron chi connectivity index (χ0n) is 15.4. The second-order valence-electron chi connectivity index (χ2n) is 6.41. The highest BCUT2D eigenvalue weighted by Crippen LogP contribution is 2.28. The van der Waals surface area contributed by atoms with Gasteiger partial charge in [0.2, 0.25) is 0 Å². The molecule has 2 aromatic carbocycles. The van der Waals surface area contributed by atoms with Gasteiger partial charge in [0, 0.05) is 17.8 Å². The van der Waals surface area contributed by atoms with Crippen LogP contribution in [0.4, 0.5) is 8.78 Å². The van der Waals surface area contributed by atoms with E-state index in [-0.39, 0.29) is 27.9 Å². The number of hydrogen-bond donors (Lipinski definition) is 0. The number of esters is 1. The Morgan fingerprint density at radius 2 is 1.72 bits per heavy atom. The quantitative estimate of drug-likeness (QED) is 0.476. The molecule has 2 heterocycles. The SMILES string of the molecule is COC(=O)c1ccc(-c2c(=O)ccn3c(-c4ccc(F)cc4)cccc23)c(F)c1. The van der Waals surface area contributed by atoms with Crippen LogP contribution in [0.3, 0.4) is 0 Å². The van der Waals surface area contributed by atoms with Gasteiger partial charge >= 0.3 is 5.97 Å². The molecule has 0 N–H and O–H groups in total. The van der Waals surface area contributed by atoms with E-state index in [4.69, 9.17) is 0 Å². The Kier molecular flexibility index (Phi) is 4.68. The highest BCUT2D eigenvalue weighted by Gasteiger charge is 2.16. The van der Waals surface area contributed by atoms with E-state index in [1.807, 2.05) is 6.07 Å². The monoisotopic (exact) mass is 391 g/mol. The Morgan fingerprint density at radius 1 is 0.966 bits per heavy atom. The third kappa shape index (κ3) is 3.29. The van der Waals surface area contributed by atoms with Crippen LogP contribution in [0.1, 0.15) is 10.4 Å². The molecule has 0 saturated carbocycles. The standard InChI is InChI=1S/C23H15F2NO3/c1-29-23(28)15-7-10-17(18(25)13-15)22-20-4-2-3-19(26(20)12-11-21(22)27)14-5-8-16(24)9-6-14/h2-13H,1H3. The molecule has 0 spiro atoms. The van der Waals surface area contributed by atoms with Crippen molar-refractivity contribution in [2.45, 2.75) is 0 Å². The van der Waals surface area contributed by atoms with Crippen molar-refractivity contribution in [1.82, 2.24) is 4.40 Å². The number of halogens is 2. The summed E-state index contributed by atoms with van der Waals surface area (Å²) in [5, 5.41) is 0. The van der Waals surface area contributed by atoms with Gasteiger partial charge in [-0.3, -0.25) is 4.79 Å². The molecule has 4 aromatic rings. The molecule has 0 radical (unpaired) electrons. The van der Waals surface area contributed by atoms with Crippen molar-refractivity contribution >= 4 is 11.5 Å². The molecule has 144 valence electrons. The topological polar surface area (TPSA) is 47.8 Å². The first-order valence-electron chi connectivity index (χ1n) is 8.78. The minimum absolute atomic E-state index is 0.0566. The summed E-state index contributed by atoms with van der Waals surface area (Å²) in [6.45, 7) is 0. The van der Waals surface area contributed by atoms with Crippen LogP contribution in [0.2, 0.25) is 0 Å². The molecule has 0 bridgehead atoms. The fourth-order valence-electron chi connectivity index (χ4n) is 3.33. The summed E-state index contributed by atoms with van der Waals surface area (Å²) in [5.41, 5.74) is 1.90. The van der Waals surface area contributed by atoms with E-state index in [1.165, 1.54) is 37.4 Å². The number of pyridine rings is 2. The van der Waals surface area contributed by atoms with Crippen LogP contribution in [0.5, 0.6) is 0 Å². The fraction of sp³-hybridized carbons (Fsp3) is 0.0435. The zero-order valence-corrected chi connectivity index (χ0v) is 15.4. The summed E-state index contributed by atoms with van der Waals surface area (Å²) in [7, 11) is 1.21. The number of methoxy groups -OCH3 is 1. The van der Waals surface area contributed by atoms with Gasteiger partial charge in [-0.05, 0) is 54.1 Å². The smallest absolute Gasteiger partial charge is 0.337 e. The Morgan fingerprint density at radius 3 is 2.41 bits per heavy atom. The Hall–Kier alpha value is -3.80. The summed E-state index contributed by atoms with van der Waals surface area (Å²) in [4.78, 5) is 24.3. The fourth-order valence-corrected chi connectivity index (χ4v) is 3.33. The van der Waals surface area contributed by atoms with Gasteiger partial charge in [0.1, 0.15) is 11.6 Å². The molecule has 4 rings (SSSR count). The first kappa shape index (κ1) is 18.6. The van der Waals surface area contributed by atoms with Crippen molar-refractivity contribution in [3.8, 4) is 22.4 Å². The minimum Gasteiger partial charge on any atom is -0.465 e. The first-order valence-corrected chi connectivity index (χ1v) is 8.78. The molecule has 0 aliphatic heterocycles. The second kappa shape index (κ2) is 7.31. The number of benzene rings is 2. The highest BCUT2D eigenvalue weighted by molar-refractivity contribution is 5.91. The third-order valence-electron chi connectivity index (χ3n) is 4.70. The van der Waals surface area contributed by atoms with Crippen LogP contribution < -0.4 is 5.43 Å². The van der Waals surface area contributed by atoms with Crippen molar-refractivity contribution in [2.24, 2.45) is 0 Å². The van der Waals surface area contributed by atoms with E-state index in [9.17, 15) is 18.4 Å². The molecule has 0 saturated heterocycles. The molecular formula is C23H15F2NO3. The van der Waals surface area contributed by atoms with Crippen LogP contribution in [-0.2, 0) is 4.74 Å². The van der Waals surface area contributed by atoms with Crippen LogP contribution in [0.25, 0.3) is 27.9 Å². The van der Waals surface area contributed by atoms with Crippen LogP contribution >= 0.6 is 0 Å². The van der Waals surface area contributed by atoms with Gasteiger partial charge in [0.15, 0.2) is 5.43 Å². The average Bonchev–Trinajstić information content (AvgIpc) is 2.73. The van der Waals surface area contributed by atoms with Gasteiger partial charge in [-0.15, -0.1) is 0 Å². The molecule has 29 heavy (non-hydrogen) atoms. The maximum Gasteiger partial charge on any atom is 0.337 e. The van der Waals surface area contributed by atoms with Crippen LogP contribution in [0.15, 0.2) is 77.7 Å². The normalized spacial score (nSPS) is 10.9. The zero-order chi connectivity index (χ0) is 20.5. The molecule has 0 aliphatic carbocycles. The van der Waals surface area contributed by atoms with Crippen molar-refractivity contribution in [2.75, 3.05) is 7.11 Å². The lowest BCUT2D eigenvalue weighted by molar-refractivity contribution is 0.0600. The van der Waals surface area contributed by atoms with Gasteiger partial charge < -0.3 is 9.14 Å². The van der Waals surface area contributed by atoms with Crippen molar-refractivity contribution in [1.29, 1.82) is 0 Å². The van der Waals surface area contributed by atoms with Crippen molar-refractivity contribution in [3.05, 3.63) is 100 Å². The number of carbonyl (C=O) groups is 1. The van der Waals surface area contributed by atoms with Gasteiger partial charge in [-0.25, -0.2) is 13.6 Å². The molecule has 0 fully saturated rings. The Balaban J connectivity index is 1.96. The summed E-state index contributed by atoms with van der Waals surface area (Å²) in [5.74, 6) is -1.72. The first-order chi connectivity index (χ1) is 14.0. The van der Waals surface area contributed by atoms with Gasteiger partial charge in [0.05, 0.1) is 29.4 Å². The van der Waals surface area contributed by atoms with E-state index in [1.54, 1.807) is 34.9 Å². The Bertz CT molecular complexity index is 1290. The number of aromatic nitrogens is 1. The summed E-state index contributed by atoms with van der Waals surface area (Å²) < 4.78 is 34.5. The van der Waals surface area contributed by atoms with E-state index in [2.05, 4.69) is 4.74 Å².